The maximum absolute atomic E-state index is 12.0. The van der Waals surface area contributed by atoms with Crippen molar-refractivity contribution in [3.8, 4) is 0 Å². The Labute approximate surface area is 197 Å². The van der Waals surface area contributed by atoms with Gasteiger partial charge in [0.1, 0.15) is 30.7 Å². The van der Waals surface area contributed by atoms with E-state index >= 15 is 0 Å². The number of aliphatic hydroxyl groups excluding tert-OH is 2. The molecule has 8 heteroatoms. The molecule has 0 heterocycles. The topological polar surface area (TPSA) is 112 Å². The first-order chi connectivity index (χ1) is 15.1. The molecule has 0 saturated carbocycles. The zero-order valence-electron chi connectivity index (χ0n) is 20.8. The van der Waals surface area contributed by atoms with Gasteiger partial charge in [-0.15, -0.1) is 0 Å². The monoisotopic (exact) mass is 468 g/mol. The number of hydrogen-bond donors (Lipinski definition) is 2. The van der Waals surface area contributed by atoms with Crippen LogP contribution < -0.4 is 0 Å². The van der Waals surface area contributed by atoms with E-state index in [9.17, 15) is 19.8 Å². The molecule has 0 aromatic rings. The fraction of sp³-hybridized carbons (Fsp3) is 0.680. The van der Waals surface area contributed by atoms with Crippen LogP contribution in [0.2, 0.25) is 0 Å². The van der Waals surface area contributed by atoms with Crippen LogP contribution >= 0.6 is 0 Å². The third kappa shape index (κ3) is 13.9. The molecule has 3 atom stereocenters. The molecule has 0 aromatic heterocycles. The minimum absolute atomic E-state index is 0.0149. The Hall–Kier alpha value is -2.16. The zero-order chi connectivity index (χ0) is 25.2. The normalized spacial score (nSPS) is 18.2. The smallest absolute Gasteiger partial charge is 0.334 e. The van der Waals surface area contributed by atoms with E-state index < -0.39 is 29.7 Å². The van der Waals surface area contributed by atoms with Gasteiger partial charge in [-0.25, -0.2) is 4.79 Å². The zero-order valence-corrected chi connectivity index (χ0v) is 20.8. The molecule has 2 N–H and O–H groups in total. The molecule has 0 spiro atoms. The van der Waals surface area contributed by atoms with Crippen LogP contribution in [0.15, 0.2) is 36.1 Å². The van der Waals surface area contributed by atoms with Crippen molar-refractivity contribution in [3.05, 3.63) is 36.1 Å². The van der Waals surface area contributed by atoms with Gasteiger partial charge in [-0.05, 0) is 51.2 Å². The molecule has 3 unspecified atom stereocenters. The Morgan fingerprint density at radius 3 is 2.36 bits per heavy atom. The Morgan fingerprint density at radius 1 is 1.09 bits per heavy atom. The van der Waals surface area contributed by atoms with E-state index in [2.05, 4.69) is 27.4 Å². The van der Waals surface area contributed by atoms with Crippen molar-refractivity contribution in [2.75, 3.05) is 19.8 Å². The second-order valence-electron chi connectivity index (χ2n) is 10.4. The first-order valence-electron chi connectivity index (χ1n) is 11.2. The van der Waals surface area contributed by atoms with Crippen molar-refractivity contribution in [2.24, 2.45) is 5.41 Å². The summed E-state index contributed by atoms with van der Waals surface area (Å²) in [7, 11) is 0. The van der Waals surface area contributed by atoms with Gasteiger partial charge in [0.2, 0.25) is 0 Å². The Bertz CT molecular complexity index is 724. The molecule has 0 radical (unpaired) electrons. The van der Waals surface area contributed by atoms with Crippen molar-refractivity contribution >= 4 is 11.9 Å². The molecule has 1 aliphatic rings. The number of hydrogen-bond acceptors (Lipinski definition) is 8. The molecule has 0 aliphatic heterocycles. The lowest BCUT2D eigenvalue weighted by molar-refractivity contribution is -0.155. The maximum atomic E-state index is 12.0. The predicted molar refractivity (Wildman–Crippen MR) is 124 cm³/mol. The minimum Gasteiger partial charge on any atom is -0.491 e. The summed E-state index contributed by atoms with van der Waals surface area (Å²) < 4.78 is 21.5. The van der Waals surface area contributed by atoms with Crippen LogP contribution in [0.4, 0.5) is 0 Å². The number of aliphatic hydroxyl groups is 2. The molecular formula is C25H40O8. The van der Waals surface area contributed by atoms with E-state index in [4.69, 9.17) is 18.9 Å². The van der Waals surface area contributed by atoms with Crippen LogP contribution in [0, 0.1) is 5.41 Å². The maximum Gasteiger partial charge on any atom is 0.334 e. The summed E-state index contributed by atoms with van der Waals surface area (Å²) in [6.07, 6.45) is 4.62. The van der Waals surface area contributed by atoms with Crippen molar-refractivity contribution < 1.29 is 38.7 Å². The number of allylic oxidation sites excluding steroid dienone is 1. The lowest BCUT2D eigenvalue weighted by atomic mass is 9.89. The van der Waals surface area contributed by atoms with Gasteiger partial charge < -0.3 is 29.2 Å². The van der Waals surface area contributed by atoms with E-state index in [1.54, 1.807) is 32.9 Å². The van der Waals surface area contributed by atoms with Crippen LogP contribution in [0.25, 0.3) is 0 Å². The van der Waals surface area contributed by atoms with E-state index in [1.807, 2.05) is 6.08 Å². The second-order valence-corrected chi connectivity index (χ2v) is 10.4. The molecule has 8 nitrogen and oxygen atoms in total. The second kappa shape index (κ2) is 12.9. The highest BCUT2D eigenvalue weighted by molar-refractivity contribution is 5.93. The molecule has 0 saturated heterocycles. The first-order valence-corrected chi connectivity index (χ1v) is 11.2. The summed E-state index contributed by atoms with van der Waals surface area (Å²) in [5, 5.41) is 20.2. The summed E-state index contributed by atoms with van der Waals surface area (Å²) in [5.41, 5.74) is -0.696. The average molecular weight is 469 g/mol. The Balaban J connectivity index is 2.36. The number of carbonyl (C=O) groups is 2. The van der Waals surface area contributed by atoms with Gasteiger partial charge in [0.15, 0.2) is 0 Å². The van der Waals surface area contributed by atoms with E-state index in [1.165, 1.54) is 0 Å². The molecule has 0 aromatic carbocycles. The van der Waals surface area contributed by atoms with Crippen molar-refractivity contribution in [1.82, 2.24) is 0 Å². The fourth-order valence-electron chi connectivity index (χ4n) is 2.98. The van der Waals surface area contributed by atoms with Crippen LogP contribution in [0.1, 0.15) is 60.8 Å². The van der Waals surface area contributed by atoms with Gasteiger partial charge in [-0.1, -0.05) is 33.4 Å². The Kier molecular flexibility index (Phi) is 11.3. The molecule has 0 bridgehead atoms. The molecule has 1 rings (SSSR count). The molecule has 0 amide bonds. The summed E-state index contributed by atoms with van der Waals surface area (Å²) in [4.78, 5) is 23.7. The Morgan fingerprint density at radius 2 is 1.76 bits per heavy atom. The standard InChI is InChI=1S/C25H40O8/c1-17(11-22(28)33-25(5,6)7)23(29)32-16-19(27)15-31-21-10-8-9-20(12-21)30-14-18(26)13-24(2,3)4/h8,10,12,18-20,26-27H,1,9,11,13-16H2,2-7H3. The van der Waals surface area contributed by atoms with Crippen molar-refractivity contribution in [2.45, 2.75) is 84.7 Å². The minimum atomic E-state index is -1.06. The van der Waals surface area contributed by atoms with Gasteiger partial charge in [0.25, 0.3) is 0 Å². The van der Waals surface area contributed by atoms with E-state index in [-0.39, 0.29) is 43.3 Å². The molecule has 1 aliphatic carbocycles. The van der Waals surface area contributed by atoms with Gasteiger partial charge in [0.05, 0.1) is 25.2 Å². The van der Waals surface area contributed by atoms with Crippen molar-refractivity contribution in [3.63, 3.8) is 0 Å². The van der Waals surface area contributed by atoms with E-state index in [0.717, 1.165) is 0 Å². The molecular weight excluding hydrogens is 428 g/mol. The van der Waals surface area contributed by atoms with Crippen LogP contribution in [-0.4, -0.2) is 65.9 Å². The van der Waals surface area contributed by atoms with Crippen molar-refractivity contribution in [1.29, 1.82) is 0 Å². The highest BCUT2D eigenvalue weighted by atomic mass is 16.6. The lowest BCUT2D eigenvalue weighted by Crippen LogP contribution is -2.27. The number of esters is 2. The van der Waals surface area contributed by atoms with Crippen LogP contribution in [-0.2, 0) is 28.5 Å². The fourth-order valence-corrected chi connectivity index (χ4v) is 2.98. The van der Waals surface area contributed by atoms with Crippen LogP contribution in [0.5, 0.6) is 0 Å². The lowest BCUT2D eigenvalue weighted by Gasteiger charge is -2.24. The predicted octanol–water partition coefficient (Wildman–Crippen LogP) is 3.22. The molecule has 33 heavy (non-hydrogen) atoms. The summed E-state index contributed by atoms with van der Waals surface area (Å²) >= 11 is 0. The quantitative estimate of drug-likeness (QED) is 0.332. The van der Waals surface area contributed by atoms with Gasteiger partial charge in [-0.3, -0.25) is 4.79 Å². The summed E-state index contributed by atoms with van der Waals surface area (Å²) in [6, 6.07) is 0. The van der Waals surface area contributed by atoms with Gasteiger partial charge >= 0.3 is 11.9 Å². The molecule has 188 valence electrons. The third-order valence-electron chi connectivity index (χ3n) is 4.27. The number of rotatable bonds is 12. The third-order valence-corrected chi connectivity index (χ3v) is 4.27. The van der Waals surface area contributed by atoms with E-state index in [0.29, 0.717) is 18.6 Å². The largest absolute Gasteiger partial charge is 0.491 e. The summed E-state index contributed by atoms with van der Waals surface area (Å²) in [5.74, 6) is -0.831. The number of ether oxygens (including phenoxy) is 4. The highest BCUT2D eigenvalue weighted by Gasteiger charge is 2.21. The van der Waals surface area contributed by atoms with Gasteiger partial charge in [0, 0.05) is 5.57 Å². The highest BCUT2D eigenvalue weighted by Crippen LogP contribution is 2.22. The average Bonchev–Trinajstić information content (AvgIpc) is 2.66. The number of carbonyl (C=O) groups excluding carboxylic acids is 2. The first kappa shape index (κ1) is 28.9. The summed E-state index contributed by atoms with van der Waals surface area (Å²) in [6.45, 7) is 14.7. The van der Waals surface area contributed by atoms with Crippen LogP contribution in [0.3, 0.4) is 0 Å². The SMILES string of the molecule is C=C(CC(=O)OC(C)(C)C)C(=O)OCC(O)COC1=CC(OCC(O)CC(C)(C)C)CC=C1. The molecule has 0 fully saturated rings. The van der Waals surface area contributed by atoms with Gasteiger partial charge in [-0.2, -0.15) is 0 Å².